The second-order valence-electron chi connectivity index (χ2n) is 4.53. The molecule has 0 aromatic heterocycles. The Hall–Kier alpha value is -0.990. The zero-order valence-electron chi connectivity index (χ0n) is 9.46. The summed E-state index contributed by atoms with van der Waals surface area (Å²) in [7, 11) is 0. The molecule has 3 nitrogen and oxygen atoms in total. The highest BCUT2D eigenvalue weighted by molar-refractivity contribution is 5.93. The number of amides is 1. The van der Waals surface area contributed by atoms with Crippen molar-refractivity contribution in [1.29, 1.82) is 0 Å². The second-order valence-corrected chi connectivity index (χ2v) is 4.53. The Morgan fingerprint density at radius 3 is 3.13 bits per heavy atom. The van der Waals surface area contributed by atoms with Gasteiger partial charge in [-0.15, -0.1) is 0 Å². The maximum absolute atomic E-state index is 11.7. The van der Waals surface area contributed by atoms with Crippen molar-refractivity contribution in [1.82, 2.24) is 10.2 Å². The fraction of sp³-hybridized carbons (Fsp3) is 0.750. The molecule has 0 aromatic carbocycles. The van der Waals surface area contributed by atoms with Crippen molar-refractivity contribution in [2.75, 3.05) is 13.1 Å². The molecule has 1 N–H and O–H groups in total. The van der Waals surface area contributed by atoms with Crippen molar-refractivity contribution in [3.8, 4) is 0 Å². The summed E-state index contributed by atoms with van der Waals surface area (Å²) < 4.78 is 0. The third-order valence-corrected chi connectivity index (χ3v) is 3.38. The minimum atomic E-state index is 0.120. The van der Waals surface area contributed by atoms with E-state index in [4.69, 9.17) is 0 Å². The summed E-state index contributed by atoms with van der Waals surface area (Å²) in [6, 6.07) is 0.514. The number of rotatable bonds is 0. The molecule has 1 unspecified atom stereocenters. The van der Waals surface area contributed by atoms with Gasteiger partial charge in [0.05, 0.1) is 5.70 Å². The normalized spacial score (nSPS) is 31.5. The lowest BCUT2D eigenvalue weighted by Crippen LogP contribution is -2.49. The third kappa shape index (κ3) is 2.33. The summed E-state index contributed by atoms with van der Waals surface area (Å²) in [6.45, 7) is 4.00. The van der Waals surface area contributed by atoms with E-state index in [1.807, 2.05) is 0 Å². The molecule has 15 heavy (non-hydrogen) atoms. The van der Waals surface area contributed by atoms with E-state index in [9.17, 15) is 4.79 Å². The van der Waals surface area contributed by atoms with Crippen molar-refractivity contribution < 1.29 is 4.79 Å². The van der Waals surface area contributed by atoms with Gasteiger partial charge in [-0.1, -0.05) is 18.9 Å². The first kappa shape index (κ1) is 10.5. The molecule has 0 bridgehead atoms. The largest absolute Gasteiger partial charge is 0.363 e. The molecule has 1 amide bonds. The summed E-state index contributed by atoms with van der Waals surface area (Å²) in [5.41, 5.74) is 0.913. The number of hydrogen-bond acceptors (Lipinski definition) is 2. The number of piperazine rings is 1. The predicted molar refractivity (Wildman–Crippen MR) is 60.3 cm³/mol. The quantitative estimate of drug-likeness (QED) is 0.656. The number of fused-ring (bicyclic) bond motifs is 1. The van der Waals surface area contributed by atoms with Crippen molar-refractivity contribution in [3.63, 3.8) is 0 Å². The third-order valence-electron chi connectivity index (χ3n) is 3.38. The van der Waals surface area contributed by atoms with Gasteiger partial charge < -0.3 is 10.2 Å². The maximum Gasteiger partial charge on any atom is 0.267 e. The number of hydrogen-bond donors (Lipinski definition) is 1. The van der Waals surface area contributed by atoms with Crippen LogP contribution in [0.15, 0.2) is 11.8 Å². The summed E-state index contributed by atoms with van der Waals surface area (Å²) >= 11 is 0. The van der Waals surface area contributed by atoms with Gasteiger partial charge in [-0.3, -0.25) is 4.79 Å². The van der Waals surface area contributed by atoms with Gasteiger partial charge >= 0.3 is 0 Å². The van der Waals surface area contributed by atoms with Crippen LogP contribution in [0.1, 0.15) is 39.0 Å². The van der Waals surface area contributed by atoms with Crippen LogP contribution in [-0.2, 0) is 4.79 Å². The van der Waals surface area contributed by atoms with E-state index in [1.54, 1.807) is 0 Å². The number of carbonyl (C=O) groups is 1. The highest BCUT2D eigenvalue weighted by atomic mass is 16.2. The first-order valence-corrected chi connectivity index (χ1v) is 6.04. The van der Waals surface area contributed by atoms with Crippen molar-refractivity contribution >= 4 is 5.91 Å². The van der Waals surface area contributed by atoms with Gasteiger partial charge in [0, 0.05) is 19.1 Å². The predicted octanol–water partition coefficient (Wildman–Crippen LogP) is 1.65. The molecule has 2 aliphatic rings. The van der Waals surface area contributed by atoms with E-state index < -0.39 is 0 Å². The highest BCUT2D eigenvalue weighted by Gasteiger charge is 2.25. The first-order valence-electron chi connectivity index (χ1n) is 6.04. The molecular formula is C12H20N2O. The van der Waals surface area contributed by atoms with Crippen molar-refractivity contribution in [2.45, 2.75) is 45.1 Å². The fourth-order valence-corrected chi connectivity index (χ4v) is 2.45. The van der Waals surface area contributed by atoms with Crippen molar-refractivity contribution in [2.24, 2.45) is 0 Å². The highest BCUT2D eigenvalue weighted by Crippen LogP contribution is 2.21. The van der Waals surface area contributed by atoms with Crippen molar-refractivity contribution in [3.05, 3.63) is 11.8 Å². The van der Waals surface area contributed by atoms with E-state index >= 15 is 0 Å². The summed E-state index contributed by atoms with van der Waals surface area (Å²) in [5.74, 6) is 0.120. The molecular weight excluding hydrogens is 188 g/mol. The molecule has 0 aromatic rings. The number of nitrogens with one attached hydrogen (secondary N) is 1. The van der Waals surface area contributed by atoms with Crippen LogP contribution in [0.2, 0.25) is 0 Å². The monoisotopic (exact) mass is 208 g/mol. The van der Waals surface area contributed by atoms with E-state index in [0.717, 1.165) is 25.2 Å². The smallest absolute Gasteiger partial charge is 0.267 e. The molecule has 2 rings (SSSR count). The van der Waals surface area contributed by atoms with Gasteiger partial charge in [-0.25, -0.2) is 0 Å². The number of carbonyl (C=O) groups excluding carboxylic acids is 1. The fourth-order valence-electron chi connectivity index (χ4n) is 2.45. The molecule has 0 saturated carbocycles. The van der Waals surface area contributed by atoms with Gasteiger partial charge in [0.2, 0.25) is 0 Å². The summed E-state index contributed by atoms with van der Waals surface area (Å²) in [4.78, 5) is 14.0. The van der Waals surface area contributed by atoms with Crippen LogP contribution in [0.5, 0.6) is 0 Å². The molecule has 0 spiro atoms. The minimum absolute atomic E-state index is 0.120. The van der Waals surface area contributed by atoms with E-state index in [1.165, 1.54) is 25.7 Å². The molecule has 2 heterocycles. The molecule has 1 atom stereocenters. The first-order chi connectivity index (χ1) is 7.29. The molecule has 1 saturated heterocycles. The Balaban J connectivity index is 2.18. The SMILES string of the molecule is CC1CCCCC/C=C2/C(=O)NCCN21. The molecule has 0 aliphatic carbocycles. The number of allylic oxidation sites excluding steroid dienone is 1. The van der Waals surface area contributed by atoms with Gasteiger partial charge in [0.1, 0.15) is 0 Å². The standard InChI is InChI=1S/C12H20N2O/c1-10-6-4-2-3-5-7-11-12(15)13-8-9-14(10)11/h7,10H,2-6,8-9H2,1H3,(H,13,15)/b11-7-. The average molecular weight is 208 g/mol. The summed E-state index contributed by atoms with van der Waals surface area (Å²) in [6.07, 6.45) is 8.19. The molecule has 0 radical (unpaired) electrons. The van der Waals surface area contributed by atoms with Gasteiger partial charge in [-0.2, -0.15) is 0 Å². The average Bonchev–Trinajstić information content (AvgIpc) is 2.32. The lowest BCUT2D eigenvalue weighted by molar-refractivity contribution is -0.120. The van der Waals surface area contributed by atoms with Crippen LogP contribution < -0.4 is 5.32 Å². The van der Waals surface area contributed by atoms with Crippen LogP contribution in [0.4, 0.5) is 0 Å². The van der Waals surface area contributed by atoms with E-state index in [2.05, 4.69) is 23.2 Å². The maximum atomic E-state index is 11.7. The Kier molecular flexibility index (Phi) is 3.29. The molecule has 3 heteroatoms. The second kappa shape index (κ2) is 4.69. The van der Waals surface area contributed by atoms with Crippen LogP contribution in [0.25, 0.3) is 0 Å². The Morgan fingerprint density at radius 2 is 2.27 bits per heavy atom. The van der Waals surface area contributed by atoms with Gasteiger partial charge in [0.15, 0.2) is 0 Å². The molecule has 1 fully saturated rings. The zero-order chi connectivity index (χ0) is 10.7. The molecule has 2 aliphatic heterocycles. The van der Waals surface area contributed by atoms with Crippen LogP contribution >= 0.6 is 0 Å². The Bertz CT molecular complexity index is 273. The van der Waals surface area contributed by atoms with Crippen LogP contribution in [0, 0.1) is 0 Å². The lowest BCUT2D eigenvalue weighted by atomic mass is 10.1. The summed E-state index contributed by atoms with van der Waals surface area (Å²) in [5, 5.41) is 2.92. The minimum Gasteiger partial charge on any atom is -0.363 e. The van der Waals surface area contributed by atoms with Gasteiger partial charge in [-0.05, 0) is 26.2 Å². The topological polar surface area (TPSA) is 32.3 Å². The van der Waals surface area contributed by atoms with Crippen LogP contribution in [0.3, 0.4) is 0 Å². The van der Waals surface area contributed by atoms with Crippen LogP contribution in [-0.4, -0.2) is 29.9 Å². The Morgan fingerprint density at radius 1 is 1.40 bits per heavy atom. The Labute approximate surface area is 91.5 Å². The zero-order valence-corrected chi connectivity index (χ0v) is 9.46. The number of nitrogens with zero attached hydrogens (tertiary/aromatic N) is 1. The van der Waals surface area contributed by atoms with Gasteiger partial charge in [0.25, 0.3) is 5.91 Å². The van der Waals surface area contributed by atoms with E-state index in [-0.39, 0.29) is 5.91 Å². The molecule has 84 valence electrons. The lowest BCUT2D eigenvalue weighted by Gasteiger charge is -2.36. The van der Waals surface area contributed by atoms with E-state index in [0.29, 0.717) is 6.04 Å².